The van der Waals surface area contributed by atoms with Gasteiger partial charge in [-0.3, -0.25) is 0 Å². The molecule has 0 fully saturated rings. The van der Waals surface area contributed by atoms with E-state index in [9.17, 15) is 5.11 Å². The van der Waals surface area contributed by atoms with Crippen molar-refractivity contribution < 1.29 is 20.4 Å². The molecule has 4 heteroatoms. The first kappa shape index (κ1) is 42.9. The fourth-order valence-corrected chi connectivity index (χ4v) is 3.32. The number of aliphatic hydroxyl groups is 4. The van der Waals surface area contributed by atoms with Gasteiger partial charge in [-0.1, -0.05) is 139 Å². The zero-order chi connectivity index (χ0) is 28.5. The monoisotopic (exact) mass is 521 g/mol. The normalized spacial score (nSPS) is 12.2. The Labute approximate surface area is 228 Å². The maximum Gasteiger partial charge on any atom is 0.0459 e. The molecule has 0 saturated heterocycles. The molecular weight excluding hydrogens is 448 g/mol. The summed E-state index contributed by atoms with van der Waals surface area (Å²) in [7, 11) is 0. The lowest BCUT2D eigenvalue weighted by Gasteiger charge is -2.13. The molecule has 2 unspecified atom stereocenters. The maximum absolute atomic E-state index is 9.32. The van der Waals surface area contributed by atoms with Gasteiger partial charge in [0.2, 0.25) is 0 Å². The molecule has 0 heterocycles. The Bertz CT molecular complexity index is 322. The number of unbranched alkanes of at least 4 members (excludes halogenated alkanes) is 9. The lowest BCUT2D eigenvalue weighted by atomic mass is 9.95. The molecule has 0 saturated carbocycles. The highest BCUT2D eigenvalue weighted by molar-refractivity contribution is 4.59. The predicted octanol–water partition coefficient (Wildman–Crippen LogP) is 8.78. The average molecular weight is 521 g/mol. The van der Waals surface area contributed by atoms with Gasteiger partial charge >= 0.3 is 0 Å². The summed E-state index contributed by atoms with van der Waals surface area (Å²) in [5, 5.41) is 34.4. The van der Waals surface area contributed by atoms with Crippen LogP contribution in [0.15, 0.2) is 0 Å². The highest BCUT2D eigenvalue weighted by Crippen LogP contribution is 2.18. The maximum atomic E-state index is 9.32. The minimum atomic E-state index is 0.306. The summed E-state index contributed by atoms with van der Waals surface area (Å²) in [5.41, 5.74) is 0. The zero-order valence-electron chi connectivity index (χ0n) is 26.2. The summed E-state index contributed by atoms with van der Waals surface area (Å²) in [6.45, 7) is 18.1. The highest BCUT2D eigenvalue weighted by atomic mass is 16.3. The SMILES string of the molecule is CC(C)CO.CC(C)CO.CCCCC(CC)CO.CCCCCCCCC(CO)CCCCCC. The van der Waals surface area contributed by atoms with Crippen molar-refractivity contribution in [3.05, 3.63) is 0 Å². The Hall–Kier alpha value is -0.160. The first-order valence-corrected chi connectivity index (χ1v) is 15.7. The van der Waals surface area contributed by atoms with Gasteiger partial charge in [-0.05, 0) is 42.9 Å². The zero-order valence-corrected chi connectivity index (χ0v) is 26.2. The van der Waals surface area contributed by atoms with Crippen LogP contribution in [-0.4, -0.2) is 46.9 Å². The van der Waals surface area contributed by atoms with Gasteiger partial charge < -0.3 is 20.4 Å². The van der Waals surface area contributed by atoms with Crippen molar-refractivity contribution in [2.45, 2.75) is 158 Å². The van der Waals surface area contributed by atoms with Crippen molar-refractivity contribution in [2.75, 3.05) is 26.4 Å². The summed E-state index contributed by atoms with van der Waals surface area (Å²) < 4.78 is 0. The molecule has 0 bridgehead atoms. The van der Waals surface area contributed by atoms with Crippen LogP contribution in [0.5, 0.6) is 0 Å². The van der Waals surface area contributed by atoms with E-state index in [0.717, 1.165) is 6.42 Å². The molecule has 0 aliphatic heterocycles. The van der Waals surface area contributed by atoms with Crippen LogP contribution in [0.2, 0.25) is 0 Å². The topological polar surface area (TPSA) is 80.9 Å². The van der Waals surface area contributed by atoms with Crippen LogP contribution in [0.3, 0.4) is 0 Å². The molecule has 2 atom stereocenters. The van der Waals surface area contributed by atoms with Gasteiger partial charge in [-0.2, -0.15) is 0 Å². The smallest absolute Gasteiger partial charge is 0.0459 e. The highest BCUT2D eigenvalue weighted by Gasteiger charge is 2.06. The van der Waals surface area contributed by atoms with Crippen LogP contribution >= 0.6 is 0 Å². The van der Waals surface area contributed by atoms with Gasteiger partial charge in [0.05, 0.1) is 0 Å². The van der Waals surface area contributed by atoms with E-state index >= 15 is 0 Å². The van der Waals surface area contributed by atoms with Crippen LogP contribution in [0.25, 0.3) is 0 Å². The first-order valence-electron chi connectivity index (χ1n) is 15.7. The molecule has 0 amide bonds. The molecule has 224 valence electrons. The van der Waals surface area contributed by atoms with Crippen molar-refractivity contribution in [2.24, 2.45) is 23.7 Å². The standard InChI is InChI=1S/C16H34O.C8H18O.2C4H10O/c1-3-5-7-9-10-12-14-16(15-17)13-11-8-6-4-2;1-3-5-6-8(4-2)7-9;2*1-4(2)3-5/h16-17H,3-15H2,1-2H3;8-9H,3-7H2,1-2H3;2*4-5H,3H2,1-2H3. The first-order chi connectivity index (χ1) is 17.2. The summed E-state index contributed by atoms with van der Waals surface area (Å²) in [6.07, 6.45) is 20.8. The van der Waals surface area contributed by atoms with Gasteiger partial charge in [0.25, 0.3) is 0 Å². The third-order valence-corrected chi connectivity index (χ3v) is 6.22. The molecule has 0 aliphatic carbocycles. The second kappa shape index (κ2) is 39.4. The van der Waals surface area contributed by atoms with Gasteiger partial charge in [0.1, 0.15) is 0 Å². The van der Waals surface area contributed by atoms with Crippen LogP contribution < -0.4 is 0 Å². The number of hydrogen-bond acceptors (Lipinski definition) is 4. The fourth-order valence-electron chi connectivity index (χ4n) is 3.32. The molecular formula is C32H72O4. The molecule has 36 heavy (non-hydrogen) atoms. The van der Waals surface area contributed by atoms with Gasteiger partial charge in [-0.25, -0.2) is 0 Å². The van der Waals surface area contributed by atoms with E-state index in [0.29, 0.717) is 50.1 Å². The Morgan fingerprint density at radius 2 is 0.694 bits per heavy atom. The average Bonchev–Trinajstić information content (AvgIpc) is 2.89. The van der Waals surface area contributed by atoms with Crippen molar-refractivity contribution in [1.29, 1.82) is 0 Å². The Kier molecular flexibility index (Phi) is 46.9. The summed E-state index contributed by atoms with van der Waals surface area (Å²) in [4.78, 5) is 0. The largest absolute Gasteiger partial charge is 0.396 e. The van der Waals surface area contributed by atoms with Crippen molar-refractivity contribution >= 4 is 0 Å². The lowest BCUT2D eigenvalue weighted by Crippen LogP contribution is -2.06. The summed E-state index contributed by atoms with van der Waals surface area (Å²) >= 11 is 0. The van der Waals surface area contributed by atoms with E-state index in [1.165, 1.54) is 96.3 Å². The third kappa shape index (κ3) is 47.1. The van der Waals surface area contributed by atoms with E-state index in [-0.39, 0.29) is 0 Å². The predicted molar refractivity (Wildman–Crippen MR) is 162 cm³/mol. The number of aliphatic hydroxyl groups excluding tert-OH is 4. The molecule has 0 aliphatic rings. The van der Waals surface area contributed by atoms with Gasteiger partial charge in [-0.15, -0.1) is 0 Å². The Morgan fingerprint density at radius 1 is 0.389 bits per heavy atom. The van der Waals surface area contributed by atoms with Crippen molar-refractivity contribution in [3.63, 3.8) is 0 Å². The Morgan fingerprint density at radius 3 is 1.00 bits per heavy atom. The number of rotatable bonds is 20. The minimum absolute atomic E-state index is 0.306. The molecule has 0 aromatic heterocycles. The number of hydrogen-bond donors (Lipinski definition) is 4. The third-order valence-electron chi connectivity index (χ3n) is 6.22. The van der Waals surface area contributed by atoms with Gasteiger partial charge in [0.15, 0.2) is 0 Å². The molecule has 0 spiro atoms. The van der Waals surface area contributed by atoms with E-state index in [2.05, 4.69) is 27.7 Å². The van der Waals surface area contributed by atoms with E-state index in [4.69, 9.17) is 15.3 Å². The Balaban J connectivity index is -0.000000223. The second-order valence-electron chi connectivity index (χ2n) is 11.2. The van der Waals surface area contributed by atoms with Crippen molar-refractivity contribution in [1.82, 2.24) is 0 Å². The van der Waals surface area contributed by atoms with Crippen molar-refractivity contribution in [3.8, 4) is 0 Å². The fraction of sp³-hybridized carbons (Fsp3) is 1.00. The van der Waals surface area contributed by atoms with Crippen LogP contribution in [0.4, 0.5) is 0 Å². The molecule has 0 aromatic rings. The summed E-state index contributed by atoms with van der Waals surface area (Å²) in [5.74, 6) is 2.02. The van der Waals surface area contributed by atoms with E-state index in [1.807, 2.05) is 27.7 Å². The van der Waals surface area contributed by atoms with Crippen LogP contribution in [-0.2, 0) is 0 Å². The molecule has 0 rings (SSSR count). The molecule has 0 radical (unpaired) electrons. The summed E-state index contributed by atoms with van der Waals surface area (Å²) in [6, 6.07) is 0. The van der Waals surface area contributed by atoms with E-state index < -0.39 is 0 Å². The minimum Gasteiger partial charge on any atom is -0.396 e. The molecule has 4 N–H and O–H groups in total. The van der Waals surface area contributed by atoms with Crippen LogP contribution in [0.1, 0.15) is 158 Å². The second-order valence-corrected chi connectivity index (χ2v) is 11.2. The molecule has 4 nitrogen and oxygen atoms in total. The van der Waals surface area contributed by atoms with Gasteiger partial charge in [0, 0.05) is 26.4 Å². The van der Waals surface area contributed by atoms with Crippen LogP contribution in [0, 0.1) is 23.7 Å². The molecule has 0 aromatic carbocycles. The quantitative estimate of drug-likeness (QED) is 0.121. The lowest BCUT2D eigenvalue weighted by molar-refractivity contribution is 0.204. The van der Waals surface area contributed by atoms with E-state index in [1.54, 1.807) is 0 Å².